The third-order valence-corrected chi connectivity index (χ3v) is 1.91. The van der Waals surface area contributed by atoms with E-state index in [0.29, 0.717) is 5.95 Å². The molecule has 0 radical (unpaired) electrons. The summed E-state index contributed by atoms with van der Waals surface area (Å²) < 4.78 is 25.0. The Morgan fingerprint density at radius 3 is 2.69 bits per heavy atom. The smallest absolute Gasteiger partial charge is 0.282 e. The van der Waals surface area contributed by atoms with Crippen LogP contribution < -0.4 is 4.90 Å². The van der Waals surface area contributed by atoms with Crippen molar-refractivity contribution in [1.82, 2.24) is 9.97 Å². The van der Waals surface area contributed by atoms with Crippen LogP contribution in [0.4, 0.5) is 14.7 Å². The fourth-order valence-corrected chi connectivity index (χ4v) is 1.24. The molecule has 3 nitrogen and oxygen atoms in total. The van der Waals surface area contributed by atoms with Crippen LogP contribution >= 0.6 is 0 Å². The quantitative estimate of drug-likeness (QED) is 0.659. The maximum Gasteiger partial charge on any atom is 0.282 e. The van der Waals surface area contributed by atoms with Gasteiger partial charge in [0.25, 0.3) is 5.92 Å². The van der Waals surface area contributed by atoms with Crippen molar-refractivity contribution in [3.05, 3.63) is 18.0 Å². The molecule has 5 heteroatoms. The Hall–Kier alpha value is -1.26. The molecule has 1 saturated heterocycles. The summed E-state index contributed by atoms with van der Waals surface area (Å²) in [6.45, 7) is 1.27. The zero-order valence-corrected chi connectivity index (χ0v) is 7.17. The molecule has 0 spiro atoms. The Labute approximate surface area is 74.4 Å². The number of halogens is 2. The molecule has 1 fully saturated rings. The van der Waals surface area contributed by atoms with E-state index in [4.69, 9.17) is 0 Å². The van der Waals surface area contributed by atoms with Crippen LogP contribution in [0.1, 0.15) is 5.69 Å². The molecule has 1 aliphatic heterocycles. The molecule has 2 rings (SSSR count). The Morgan fingerprint density at radius 1 is 1.46 bits per heavy atom. The fraction of sp³-hybridized carbons (Fsp3) is 0.500. The molecule has 0 aliphatic carbocycles. The molecule has 70 valence electrons. The largest absolute Gasteiger partial charge is 0.329 e. The maximum atomic E-state index is 12.5. The summed E-state index contributed by atoms with van der Waals surface area (Å²) in [6.07, 6.45) is 1.58. The number of aryl methyl sites for hydroxylation is 1. The number of rotatable bonds is 1. The lowest BCUT2D eigenvalue weighted by molar-refractivity contribution is -0.0271. The van der Waals surface area contributed by atoms with Crippen molar-refractivity contribution in [2.75, 3.05) is 18.0 Å². The van der Waals surface area contributed by atoms with E-state index in [0.717, 1.165) is 5.69 Å². The van der Waals surface area contributed by atoms with Gasteiger partial charge in [0.15, 0.2) is 0 Å². The molecule has 0 bridgehead atoms. The number of hydrogen-bond donors (Lipinski definition) is 0. The number of hydrogen-bond acceptors (Lipinski definition) is 3. The zero-order chi connectivity index (χ0) is 9.47. The third-order valence-electron chi connectivity index (χ3n) is 1.91. The average molecular weight is 185 g/mol. The van der Waals surface area contributed by atoms with Crippen LogP contribution in [-0.2, 0) is 0 Å². The minimum atomic E-state index is -2.56. The van der Waals surface area contributed by atoms with Crippen LogP contribution in [0, 0.1) is 6.92 Å². The van der Waals surface area contributed by atoms with Crippen molar-refractivity contribution in [3.63, 3.8) is 0 Å². The summed E-state index contributed by atoms with van der Waals surface area (Å²) in [5.74, 6) is -2.17. The third kappa shape index (κ3) is 1.59. The SMILES string of the molecule is Cc1ccnc(N2CC(F)(F)C2)n1. The standard InChI is InChI=1S/C8H9F2N3/c1-6-2-3-11-7(12-6)13-4-8(9,10)5-13/h2-3H,4-5H2,1H3. The van der Waals surface area contributed by atoms with Gasteiger partial charge in [0.1, 0.15) is 0 Å². The second kappa shape index (κ2) is 2.61. The average Bonchev–Trinajstić information content (AvgIpc) is 2.00. The molecule has 1 aromatic heterocycles. The van der Waals surface area contributed by atoms with Crippen molar-refractivity contribution in [2.45, 2.75) is 12.8 Å². The van der Waals surface area contributed by atoms with Gasteiger partial charge in [0, 0.05) is 11.9 Å². The predicted octanol–water partition coefficient (Wildman–Crippen LogP) is 1.24. The van der Waals surface area contributed by atoms with Gasteiger partial charge in [-0.1, -0.05) is 0 Å². The summed E-state index contributed by atoms with van der Waals surface area (Å²) in [4.78, 5) is 9.42. The van der Waals surface area contributed by atoms with E-state index >= 15 is 0 Å². The van der Waals surface area contributed by atoms with Crippen molar-refractivity contribution >= 4 is 5.95 Å². The van der Waals surface area contributed by atoms with Gasteiger partial charge in [-0.3, -0.25) is 0 Å². The van der Waals surface area contributed by atoms with E-state index in [1.807, 2.05) is 6.92 Å². The Morgan fingerprint density at radius 2 is 2.15 bits per heavy atom. The Balaban J connectivity index is 2.11. The highest BCUT2D eigenvalue weighted by Crippen LogP contribution is 2.29. The number of nitrogens with zero attached hydrogens (tertiary/aromatic N) is 3. The Kier molecular flexibility index (Phi) is 1.68. The van der Waals surface area contributed by atoms with Crippen molar-refractivity contribution < 1.29 is 8.78 Å². The first kappa shape index (κ1) is 8.34. The van der Waals surface area contributed by atoms with Gasteiger partial charge < -0.3 is 4.90 Å². The molecule has 0 atom stereocenters. The number of alkyl halides is 2. The molecule has 0 amide bonds. The first-order chi connectivity index (χ1) is 6.07. The number of aromatic nitrogens is 2. The van der Waals surface area contributed by atoms with Gasteiger partial charge in [0.2, 0.25) is 5.95 Å². The van der Waals surface area contributed by atoms with Crippen LogP contribution in [0.15, 0.2) is 12.3 Å². The van der Waals surface area contributed by atoms with Crippen LogP contribution in [-0.4, -0.2) is 29.0 Å². The lowest BCUT2D eigenvalue weighted by Gasteiger charge is -2.38. The molecule has 0 unspecified atom stereocenters. The van der Waals surface area contributed by atoms with Crippen molar-refractivity contribution in [3.8, 4) is 0 Å². The maximum absolute atomic E-state index is 12.5. The highest BCUT2D eigenvalue weighted by atomic mass is 19.3. The topological polar surface area (TPSA) is 29.0 Å². The second-order valence-corrected chi connectivity index (χ2v) is 3.21. The lowest BCUT2D eigenvalue weighted by atomic mass is 10.2. The second-order valence-electron chi connectivity index (χ2n) is 3.21. The van der Waals surface area contributed by atoms with Gasteiger partial charge in [-0.25, -0.2) is 18.7 Å². The minimum absolute atomic E-state index is 0.267. The van der Waals surface area contributed by atoms with Crippen LogP contribution in [0.2, 0.25) is 0 Å². The molecular formula is C8H9F2N3. The Bertz CT molecular complexity index is 319. The highest BCUT2D eigenvalue weighted by molar-refractivity contribution is 5.36. The molecule has 1 aromatic rings. The summed E-state index contributed by atoms with van der Waals surface area (Å²) in [5.41, 5.74) is 0.792. The zero-order valence-electron chi connectivity index (χ0n) is 7.17. The molecule has 0 aromatic carbocycles. The van der Waals surface area contributed by atoms with Gasteiger partial charge >= 0.3 is 0 Å². The summed E-state index contributed by atoms with van der Waals surface area (Å²) in [6, 6.07) is 1.74. The van der Waals surface area contributed by atoms with Crippen LogP contribution in [0.25, 0.3) is 0 Å². The van der Waals surface area contributed by atoms with E-state index in [1.165, 1.54) is 4.90 Å². The summed E-state index contributed by atoms with van der Waals surface area (Å²) in [5, 5.41) is 0. The van der Waals surface area contributed by atoms with Crippen molar-refractivity contribution in [2.24, 2.45) is 0 Å². The predicted molar refractivity (Wildman–Crippen MR) is 43.9 cm³/mol. The first-order valence-corrected chi connectivity index (χ1v) is 3.99. The molecule has 1 aliphatic rings. The fourth-order valence-electron chi connectivity index (χ4n) is 1.24. The molecule has 13 heavy (non-hydrogen) atoms. The van der Waals surface area contributed by atoms with Gasteiger partial charge in [-0.05, 0) is 13.0 Å². The van der Waals surface area contributed by atoms with Crippen molar-refractivity contribution in [1.29, 1.82) is 0 Å². The van der Waals surface area contributed by atoms with E-state index in [2.05, 4.69) is 9.97 Å². The van der Waals surface area contributed by atoms with Gasteiger partial charge in [0.05, 0.1) is 13.1 Å². The minimum Gasteiger partial charge on any atom is -0.329 e. The first-order valence-electron chi connectivity index (χ1n) is 3.99. The summed E-state index contributed by atoms with van der Waals surface area (Å²) >= 11 is 0. The molecular weight excluding hydrogens is 176 g/mol. The molecule has 2 heterocycles. The highest BCUT2D eigenvalue weighted by Gasteiger charge is 2.45. The molecule has 0 N–H and O–H groups in total. The van der Waals surface area contributed by atoms with Crippen LogP contribution in [0.5, 0.6) is 0 Å². The number of anilines is 1. The van der Waals surface area contributed by atoms with E-state index in [1.54, 1.807) is 12.3 Å². The van der Waals surface area contributed by atoms with Crippen LogP contribution in [0.3, 0.4) is 0 Å². The normalized spacial score (nSPS) is 19.8. The van der Waals surface area contributed by atoms with Gasteiger partial charge in [-0.2, -0.15) is 0 Å². The van der Waals surface area contributed by atoms with E-state index in [9.17, 15) is 8.78 Å². The summed E-state index contributed by atoms with van der Waals surface area (Å²) in [7, 11) is 0. The van der Waals surface area contributed by atoms with E-state index < -0.39 is 5.92 Å². The van der Waals surface area contributed by atoms with E-state index in [-0.39, 0.29) is 13.1 Å². The molecule has 0 saturated carbocycles. The van der Waals surface area contributed by atoms with Gasteiger partial charge in [-0.15, -0.1) is 0 Å². The lowest BCUT2D eigenvalue weighted by Crippen LogP contribution is -2.57. The monoisotopic (exact) mass is 185 g/mol.